The summed E-state index contributed by atoms with van der Waals surface area (Å²) in [5, 5.41) is 9.09. The van der Waals surface area contributed by atoms with E-state index in [-0.39, 0.29) is 11.7 Å². The number of rotatable bonds is 3. The van der Waals surface area contributed by atoms with Crippen LogP contribution < -0.4 is 0 Å². The second-order valence-electron chi connectivity index (χ2n) is 5.16. The summed E-state index contributed by atoms with van der Waals surface area (Å²) in [6, 6.07) is 6.67. The molecule has 0 spiro atoms. The van der Waals surface area contributed by atoms with E-state index < -0.39 is 5.97 Å². The molecule has 0 bridgehead atoms. The van der Waals surface area contributed by atoms with Crippen LogP contribution in [0.15, 0.2) is 24.3 Å². The molecule has 0 aromatic heterocycles. The maximum absolute atomic E-state index is 13.6. The molecule has 1 aliphatic rings. The van der Waals surface area contributed by atoms with E-state index in [2.05, 4.69) is 0 Å². The number of carbonyl (C=O) groups is 1. The second-order valence-corrected chi connectivity index (χ2v) is 5.16. The Bertz CT molecular complexity index is 436. The largest absolute Gasteiger partial charge is 0.481 e. The number of hydrogen-bond donors (Lipinski definition) is 1. The van der Waals surface area contributed by atoms with Crippen LogP contribution in [-0.4, -0.2) is 29.1 Å². The number of aliphatic carboxylic acids is 1. The van der Waals surface area contributed by atoms with Gasteiger partial charge in [-0.1, -0.05) is 25.1 Å². The molecule has 2 rings (SSSR count). The maximum atomic E-state index is 13.6. The molecule has 98 valence electrons. The monoisotopic (exact) mass is 251 g/mol. The van der Waals surface area contributed by atoms with Crippen molar-refractivity contribution >= 4 is 5.97 Å². The molecule has 2 atom stereocenters. The number of benzene rings is 1. The van der Waals surface area contributed by atoms with E-state index in [0.29, 0.717) is 31.0 Å². The van der Waals surface area contributed by atoms with Crippen molar-refractivity contribution in [3.05, 3.63) is 35.6 Å². The zero-order chi connectivity index (χ0) is 13.1. The molecular weight excluding hydrogens is 233 g/mol. The standard InChI is InChI=1S/C14H18FNO2/c1-10-6-12(14(17)18)9-16(7-10)8-11-4-2-3-5-13(11)15/h2-5,10,12H,6-9H2,1H3,(H,17,18). The third-order valence-electron chi connectivity index (χ3n) is 3.44. The van der Waals surface area contributed by atoms with Gasteiger partial charge in [-0.15, -0.1) is 0 Å². The topological polar surface area (TPSA) is 40.5 Å². The van der Waals surface area contributed by atoms with Gasteiger partial charge in [0.05, 0.1) is 5.92 Å². The third kappa shape index (κ3) is 3.07. The molecule has 1 heterocycles. The van der Waals surface area contributed by atoms with Crippen LogP contribution in [0.1, 0.15) is 18.9 Å². The van der Waals surface area contributed by atoms with E-state index in [9.17, 15) is 9.18 Å². The van der Waals surface area contributed by atoms with E-state index in [1.165, 1.54) is 6.07 Å². The number of carboxylic acids is 1. The highest BCUT2D eigenvalue weighted by Crippen LogP contribution is 2.23. The molecule has 3 nitrogen and oxygen atoms in total. The lowest BCUT2D eigenvalue weighted by Crippen LogP contribution is -2.42. The van der Waals surface area contributed by atoms with Gasteiger partial charge in [0.15, 0.2) is 0 Å². The Morgan fingerprint density at radius 2 is 2.17 bits per heavy atom. The third-order valence-corrected chi connectivity index (χ3v) is 3.44. The molecule has 1 N–H and O–H groups in total. The lowest BCUT2D eigenvalue weighted by molar-refractivity contribution is -0.144. The Morgan fingerprint density at radius 1 is 1.44 bits per heavy atom. The molecule has 4 heteroatoms. The van der Waals surface area contributed by atoms with Crippen molar-refractivity contribution in [2.24, 2.45) is 11.8 Å². The fraction of sp³-hybridized carbons (Fsp3) is 0.500. The van der Waals surface area contributed by atoms with E-state index in [1.807, 2.05) is 11.8 Å². The van der Waals surface area contributed by atoms with Gasteiger partial charge in [0.1, 0.15) is 5.82 Å². The maximum Gasteiger partial charge on any atom is 0.307 e. The van der Waals surface area contributed by atoms with Gasteiger partial charge in [0.2, 0.25) is 0 Å². The average Bonchev–Trinajstić information content (AvgIpc) is 2.31. The van der Waals surface area contributed by atoms with E-state index >= 15 is 0 Å². The molecule has 0 aliphatic carbocycles. The lowest BCUT2D eigenvalue weighted by atomic mass is 9.90. The fourth-order valence-electron chi connectivity index (χ4n) is 2.64. The summed E-state index contributed by atoms with van der Waals surface area (Å²) in [5.41, 5.74) is 0.635. The zero-order valence-electron chi connectivity index (χ0n) is 10.5. The van der Waals surface area contributed by atoms with Crippen molar-refractivity contribution in [3.63, 3.8) is 0 Å². The minimum absolute atomic E-state index is 0.220. The first kappa shape index (κ1) is 13.0. The summed E-state index contributed by atoms with van der Waals surface area (Å²) in [4.78, 5) is 13.1. The van der Waals surface area contributed by atoms with Crippen LogP contribution in [0, 0.1) is 17.7 Å². The molecule has 1 aromatic carbocycles. The van der Waals surface area contributed by atoms with Crippen molar-refractivity contribution < 1.29 is 14.3 Å². The predicted octanol–water partition coefficient (Wildman–Crippen LogP) is 2.37. The summed E-state index contributed by atoms with van der Waals surface area (Å²) in [6.07, 6.45) is 0.711. The molecule has 2 unspecified atom stereocenters. The zero-order valence-corrected chi connectivity index (χ0v) is 10.5. The highest BCUT2D eigenvalue weighted by molar-refractivity contribution is 5.70. The number of carboxylic acid groups (broad SMARTS) is 1. The molecule has 0 amide bonds. The van der Waals surface area contributed by atoms with Crippen molar-refractivity contribution in [2.45, 2.75) is 19.9 Å². The van der Waals surface area contributed by atoms with Crippen molar-refractivity contribution in [1.29, 1.82) is 0 Å². The normalized spacial score (nSPS) is 25.0. The molecule has 1 saturated heterocycles. The Balaban J connectivity index is 2.05. The Morgan fingerprint density at radius 3 is 2.83 bits per heavy atom. The summed E-state index contributed by atoms with van der Waals surface area (Å²) in [5.74, 6) is -0.963. The molecule has 0 saturated carbocycles. The van der Waals surface area contributed by atoms with Gasteiger partial charge < -0.3 is 5.11 Å². The van der Waals surface area contributed by atoms with Crippen LogP contribution in [-0.2, 0) is 11.3 Å². The Labute approximate surface area is 106 Å². The van der Waals surface area contributed by atoms with Crippen LogP contribution in [0.5, 0.6) is 0 Å². The minimum atomic E-state index is -0.750. The van der Waals surface area contributed by atoms with Gasteiger partial charge in [0.25, 0.3) is 0 Å². The Hall–Kier alpha value is -1.42. The summed E-state index contributed by atoms with van der Waals surface area (Å²) < 4.78 is 13.6. The molecule has 18 heavy (non-hydrogen) atoms. The van der Waals surface area contributed by atoms with Gasteiger partial charge in [-0.05, 0) is 18.4 Å². The van der Waals surface area contributed by atoms with Gasteiger partial charge in [0, 0.05) is 25.2 Å². The van der Waals surface area contributed by atoms with Gasteiger partial charge in [-0.2, -0.15) is 0 Å². The van der Waals surface area contributed by atoms with Crippen molar-refractivity contribution in [3.8, 4) is 0 Å². The predicted molar refractivity (Wildman–Crippen MR) is 66.6 cm³/mol. The SMILES string of the molecule is CC1CC(C(=O)O)CN(Cc2ccccc2F)C1. The first-order valence-electron chi connectivity index (χ1n) is 6.25. The van der Waals surface area contributed by atoms with E-state index in [4.69, 9.17) is 5.11 Å². The summed E-state index contributed by atoms with van der Waals surface area (Å²) >= 11 is 0. The molecule has 1 fully saturated rings. The summed E-state index contributed by atoms with van der Waals surface area (Å²) in [6.45, 7) is 3.87. The minimum Gasteiger partial charge on any atom is -0.481 e. The van der Waals surface area contributed by atoms with Gasteiger partial charge >= 0.3 is 5.97 Å². The van der Waals surface area contributed by atoms with Crippen LogP contribution in [0.3, 0.4) is 0 Å². The number of hydrogen-bond acceptors (Lipinski definition) is 2. The number of nitrogens with zero attached hydrogens (tertiary/aromatic N) is 1. The second kappa shape index (κ2) is 5.48. The van der Waals surface area contributed by atoms with Crippen LogP contribution >= 0.6 is 0 Å². The first-order chi connectivity index (χ1) is 8.56. The van der Waals surface area contributed by atoms with Crippen molar-refractivity contribution in [2.75, 3.05) is 13.1 Å². The van der Waals surface area contributed by atoms with Crippen molar-refractivity contribution in [1.82, 2.24) is 4.90 Å². The Kier molecular flexibility index (Phi) is 3.97. The smallest absolute Gasteiger partial charge is 0.307 e. The highest BCUT2D eigenvalue weighted by atomic mass is 19.1. The lowest BCUT2D eigenvalue weighted by Gasteiger charge is -2.34. The van der Waals surface area contributed by atoms with Crippen LogP contribution in [0.4, 0.5) is 4.39 Å². The van der Waals surface area contributed by atoms with Crippen LogP contribution in [0.25, 0.3) is 0 Å². The number of piperidine rings is 1. The average molecular weight is 251 g/mol. The molecular formula is C14H18FNO2. The van der Waals surface area contributed by atoms with Gasteiger partial charge in [-0.25, -0.2) is 4.39 Å². The molecule has 1 aromatic rings. The number of halogens is 1. The van der Waals surface area contributed by atoms with E-state index in [1.54, 1.807) is 18.2 Å². The van der Waals surface area contributed by atoms with E-state index in [0.717, 1.165) is 6.54 Å². The number of likely N-dealkylation sites (tertiary alicyclic amines) is 1. The summed E-state index contributed by atoms with van der Waals surface area (Å²) in [7, 11) is 0. The fourth-order valence-corrected chi connectivity index (χ4v) is 2.64. The molecule has 0 radical (unpaired) electrons. The highest BCUT2D eigenvalue weighted by Gasteiger charge is 2.29. The van der Waals surface area contributed by atoms with Gasteiger partial charge in [-0.3, -0.25) is 9.69 Å². The van der Waals surface area contributed by atoms with Crippen LogP contribution in [0.2, 0.25) is 0 Å². The first-order valence-corrected chi connectivity index (χ1v) is 6.25. The quantitative estimate of drug-likeness (QED) is 0.896. The molecule has 1 aliphatic heterocycles.